The minimum absolute atomic E-state index is 0.107. The quantitative estimate of drug-likeness (QED) is 0.523. The average molecular weight is 301 g/mol. The second-order valence-electron chi connectivity index (χ2n) is 5.38. The molecule has 0 aliphatic carbocycles. The summed E-state index contributed by atoms with van der Waals surface area (Å²) in [4.78, 5) is 21.8. The van der Waals surface area contributed by atoms with E-state index in [2.05, 4.69) is 0 Å². The van der Waals surface area contributed by atoms with Gasteiger partial charge in [-0.05, 0) is 32.8 Å². The molecule has 0 heterocycles. The Bertz CT molecular complexity index is 526. The maximum absolute atomic E-state index is 11.8. The van der Waals surface area contributed by atoms with Crippen LogP contribution >= 0.6 is 11.6 Å². The van der Waals surface area contributed by atoms with Gasteiger partial charge in [0.2, 0.25) is 0 Å². The van der Waals surface area contributed by atoms with Gasteiger partial charge in [0.25, 0.3) is 5.69 Å². The minimum atomic E-state index is -0.867. The van der Waals surface area contributed by atoms with E-state index >= 15 is 0 Å². The molecular weight excluding hydrogens is 284 g/mol. The second kappa shape index (κ2) is 6.19. The Hall–Kier alpha value is -1.66. The Kier molecular flexibility index (Phi) is 5.08. The van der Waals surface area contributed by atoms with Gasteiger partial charge in [-0.2, -0.15) is 0 Å². The molecule has 1 aromatic rings. The van der Waals surface area contributed by atoms with Crippen LogP contribution in [0.2, 0.25) is 5.02 Å². The van der Waals surface area contributed by atoms with Crippen molar-refractivity contribution >= 4 is 23.3 Å². The Morgan fingerprint density at radius 2 is 2.10 bits per heavy atom. The summed E-state index contributed by atoms with van der Waals surface area (Å²) in [5.74, 6) is -0.535. The molecule has 0 aromatic heterocycles. The first-order valence-electron chi connectivity index (χ1n) is 6.01. The van der Waals surface area contributed by atoms with Crippen molar-refractivity contribution in [1.29, 1.82) is 0 Å². The van der Waals surface area contributed by atoms with Crippen LogP contribution in [0.5, 0.6) is 0 Å². The normalized spacial score (nSPS) is 12.8. The third-order valence-corrected chi connectivity index (χ3v) is 2.75. The number of ether oxygens (including phenoxy) is 1. The van der Waals surface area contributed by atoms with Gasteiger partial charge in [-0.15, -0.1) is 0 Å². The number of nitrogens with two attached hydrogens (primary N) is 1. The van der Waals surface area contributed by atoms with Gasteiger partial charge >= 0.3 is 5.97 Å². The summed E-state index contributed by atoms with van der Waals surface area (Å²) in [7, 11) is 0. The highest BCUT2D eigenvalue weighted by Gasteiger charge is 2.23. The summed E-state index contributed by atoms with van der Waals surface area (Å²) < 4.78 is 5.16. The maximum Gasteiger partial charge on any atom is 0.323 e. The molecule has 0 saturated carbocycles. The number of esters is 1. The second-order valence-corrected chi connectivity index (χ2v) is 5.78. The van der Waals surface area contributed by atoms with Crippen LogP contribution in [0.25, 0.3) is 0 Å². The zero-order valence-corrected chi connectivity index (χ0v) is 12.3. The number of non-ortho nitro benzene ring substituents is 1. The first kappa shape index (κ1) is 16.4. The molecule has 20 heavy (non-hydrogen) atoms. The number of nitro groups is 1. The van der Waals surface area contributed by atoms with E-state index in [1.165, 1.54) is 18.2 Å². The Labute approximate surface area is 122 Å². The molecule has 1 aromatic carbocycles. The zero-order chi connectivity index (χ0) is 15.5. The number of carbonyl (C=O) groups is 1. The van der Waals surface area contributed by atoms with E-state index in [1.54, 1.807) is 20.8 Å². The van der Waals surface area contributed by atoms with E-state index in [0.29, 0.717) is 5.56 Å². The molecule has 0 saturated heterocycles. The molecule has 2 N–H and O–H groups in total. The van der Waals surface area contributed by atoms with Gasteiger partial charge in [0, 0.05) is 12.1 Å². The van der Waals surface area contributed by atoms with Crippen molar-refractivity contribution in [2.45, 2.75) is 38.8 Å². The van der Waals surface area contributed by atoms with Crippen LogP contribution in [-0.2, 0) is 16.0 Å². The van der Waals surface area contributed by atoms with Crippen molar-refractivity contribution in [2.24, 2.45) is 5.73 Å². The summed E-state index contributed by atoms with van der Waals surface area (Å²) in [6, 6.07) is 3.18. The van der Waals surface area contributed by atoms with Crippen molar-refractivity contribution < 1.29 is 14.5 Å². The summed E-state index contributed by atoms with van der Waals surface area (Å²) >= 11 is 5.94. The zero-order valence-electron chi connectivity index (χ0n) is 11.6. The summed E-state index contributed by atoms with van der Waals surface area (Å²) in [5.41, 5.74) is 5.60. The molecule has 1 rings (SSSR count). The molecule has 6 nitrogen and oxygen atoms in total. The van der Waals surface area contributed by atoms with Crippen LogP contribution in [-0.4, -0.2) is 22.5 Å². The number of halogens is 1. The fraction of sp³-hybridized carbons (Fsp3) is 0.462. The van der Waals surface area contributed by atoms with Crippen molar-refractivity contribution in [2.75, 3.05) is 0 Å². The SMILES string of the molecule is CC(C)(C)OC(=O)C(N)Cc1ccc([N+](=O)[O-])cc1Cl. The highest BCUT2D eigenvalue weighted by molar-refractivity contribution is 6.31. The molecule has 110 valence electrons. The summed E-state index contributed by atoms with van der Waals surface area (Å²) in [6.45, 7) is 5.24. The number of benzene rings is 1. The van der Waals surface area contributed by atoms with E-state index in [0.717, 1.165) is 0 Å². The van der Waals surface area contributed by atoms with Crippen LogP contribution in [0.15, 0.2) is 18.2 Å². The van der Waals surface area contributed by atoms with Gasteiger partial charge in [-0.1, -0.05) is 17.7 Å². The lowest BCUT2D eigenvalue weighted by molar-refractivity contribution is -0.384. The highest BCUT2D eigenvalue weighted by Crippen LogP contribution is 2.23. The Morgan fingerprint density at radius 3 is 2.55 bits per heavy atom. The number of nitro benzene ring substituents is 1. The molecule has 0 bridgehead atoms. The third-order valence-electron chi connectivity index (χ3n) is 2.40. The van der Waals surface area contributed by atoms with Gasteiger partial charge in [0.15, 0.2) is 0 Å². The fourth-order valence-electron chi connectivity index (χ4n) is 1.51. The molecule has 0 aliphatic heterocycles. The lowest BCUT2D eigenvalue weighted by atomic mass is 10.1. The molecule has 1 unspecified atom stereocenters. The Morgan fingerprint density at radius 1 is 1.50 bits per heavy atom. The van der Waals surface area contributed by atoms with Crippen molar-refractivity contribution in [3.63, 3.8) is 0 Å². The summed E-state index contributed by atoms with van der Waals surface area (Å²) in [6.07, 6.45) is 0.158. The van der Waals surface area contributed by atoms with Crippen molar-refractivity contribution in [1.82, 2.24) is 0 Å². The van der Waals surface area contributed by atoms with E-state index in [4.69, 9.17) is 22.1 Å². The Balaban J connectivity index is 2.78. The topological polar surface area (TPSA) is 95.5 Å². The molecule has 0 aliphatic rings. The van der Waals surface area contributed by atoms with Gasteiger partial charge in [0.1, 0.15) is 11.6 Å². The first-order valence-corrected chi connectivity index (χ1v) is 6.39. The van der Waals surface area contributed by atoms with Gasteiger partial charge in [-0.3, -0.25) is 14.9 Å². The molecule has 0 radical (unpaired) electrons. The van der Waals surface area contributed by atoms with Crippen LogP contribution < -0.4 is 5.73 Å². The number of nitrogens with zero attached hydrogens (tertiary/aromatic N) is 1. The van der Waals surface area contributed by atoms with Gasteiger partial charge in [-0.25, -0.2) is 0 Å². The summed E-state index contributed by atoms with van der Waals surface area (Å²) in [5, 5.41) is 10.8. The first-order chi connectivity index (χ1) is 9.10. The van der Waals surface area contributed by atoms with Crippen LogP contribution in [0.3, 0.4) is 0 Å². The molecule has 7 heteroatoms. The van der Waals surface area contributed by atoms with Crippen LogP contribution in [0, 0.1) is 10.1 Å². The predicted octanol–water partition coefficient (Wildman–Crippen LogP) is 2.46. The number of hydrogen-bond donors (Lipinski definition) is 1. The average Bonchev–Trinajstić information content (AvgIpc) is 2.29. The lowest BCUT2D eigenvalue weighted by Crippen LogP contribution is -2.38. The van der Waals surface area contributed by atoms with E-state index in [-0.39, 0.29) is 17.1 Å². The van der Waals surface area contributed by atoms with Crippen LogP contribution in [0.4, 0.5) is 5.69 Å². The minimum Gasteiger partial charge on any atom is -0.459 e. The van der Waals surface area contributed by atoms with Crippen LogP contribution in [0.1, 0.15) is 26.3 Å². The number of rotatable bonds is 4. The van der Waals surface area contributed by atoms with E-state index in [9.17, 15) is 14.9 Å². The van der Waals surface area contributed by atoms with E-state index < -0.39 is 22.5 Å². The molecule has 0 spiro atoms. The lowest BCUT2D eigenvalue weighted by Gasteiger charge is -2.22. The third kappa shape index (κ3) is 4.79. The van der Waals surface area contributed by atoms with Crippen molar-refractivity contribution in [3.8, 4) is 0 Å². The van der Waals surface area contributed by atoms with Crippen molar-refractivity contribution in [3.05, 3.63) is 38.9 Å². The molecule has 0 fully saturated rings. The maximum atomic E-state index is 11.8. The molecular formula is C13H17ClN2O4. The highest BCUT2D eigenvalue weighted by atomic mass is 35.5. The fourth-order valence-corrected chi connectivity index (χ4v) is 1.76. The smallest absolute Gasteiger partial charge is 0.323 e. The van der Waals surface area contributed by atoms with E-state index in [1.807, 2.05) is 0 Å². The molecule has 1 atom stereocenters. The van der Waals surface area contributed by atoms with Gasteiger partial charge < -0.3 is 10.5 Å². The number of carbonyl (C=O) groups excluding carboxylic acids is 1. The van der Waals surface area contributed by atoms with Gasteiger partial charge in [0.05, 0.1) is 9.95 Å². The number of hydrogen-bond acceptors (Lipinski definition) is 5. The molecule has 0 amide bonds. The largest absolute Gasteiger partial charge is 0.459 e. The predicted molar refractivity (Wildman–Crippen MR) is 75.6 cm³/mol. The standard InChI is InChI=1S/C13H17ClN2O4/c1-13(2,3)20-12(17)11(15)6-8-4-5-9(16(18)19)7-10(8)14/h4-5,7,11H,6,15H2,1-3H3. The monoisotopic (exact) mass is 300 g/mol.